The van der Waals surface area contributed by atoms with Crippen molar-refractivity contribution >= 4 is 11.9 Å². The summed E-state index contributed by atoms with van der Waals surface area (Å²) < 4.78 is 5.33. The third kappa shape index (κ3) is 3.48. The second kappa shape index (κ2) is 6.38. The van der Waals surface area contributed by atoms with Gasteiger partial charge in [-0.25, -0.2) is 4.79 Å². The zero-order valence-electron chi connectivity index (χ0n) is 11.0. The molecule has 108 valence electrons. The maximum absolute atomic E-state index is 11.5. The summed E-state index contributed by atoms with van der Waals surface area (Å²) in [6.07, 6.45) is 3.23. The number of carbonyl (C=O) groups is 2. The first-order valence-corrected chi connectivity index (χ1v) is 6.48. The molecule has 0 aromatic heterocycles. The largest absolute Gasteiger partial charge is 0.484 e. The first-order valence-electron chi connectivity index (χ1n) is 6.48. The van der Waals surface area contributed by atoms with Gasteiger partial charge in [0.25, 0.3) is 5.91 Å². The number of hydrogen-bond donors (Lipinski definition) is 3. The number of ether oxygens (including phenoxy) is 1. The Morgan fingerprint density at radius 2 is 2.05 bits per heavy atom. The Morgan fingerprint density at radius 1 is 1.30 bits per heavy atom. The van der Waals surface area contributed by atoms with Crippen LogP contribution in [0, 0.1) is 0 Å². The summed E-state index contributed by atoms with van der Waals surface area (Å²) in [6.45, 7) is -0.928. The maximum atomic E-state index is 11.5. The molecule has 1 amide bonds. The Hall–Kier alpha value is -2.08. The molecule has 0 heterocycles. The predicted octanol–water partition coefficient (Wildman–Crippen LogP) is 0.116. The minimum Gasteiger partial charge on any atom is -0.484 e. The van der Waals surface area contributed by atoms with Crippen LogP contribution < -0.4 is 10.1 Å². The lowest BCUT2D eigenvalue weighted by Gasteiger charge is -2.12. The van der Waals surface area contributed by atoms with Crippen molar-refractivity contribution in [1.29, 1.82) is 0 Å². The summed E-state index contributed by atoms with van der Waals surface area (Å²) in [4.78, 5) is 22.2. The average Bonchev–Trinajstić information content (AvgIpc) is 2.89. The highest BCUT2D eigenvalue weighted by Crippen LogP contribution is 2.25. The van der Waals surface area contributed by atoms with E-state index in [1.54, 1.807) is 6.07 Å². The maximum Gasteiger partial charge on any atom is 0.328 e. The molecular weight excluding hydrogens is 262 g/mol. The van der Waals surface area contributed by atoms with Crippen LogP contribution in [0.25, 0.3) is 0 Å². The van der Waals surface area contributed by atoms with Gasteiger partial charge in [0.1, 0.15) is 11.8 Å². The number of carbonyl (C=O) groups excluding carboxylic acids is 1. The summed E-state index contributed by atoms with van der Waals surface area (Å²) in [7, 11) is 0. The van der Waals surface area contributed by atoms with E-state index in [-0.39, 0.29) is 6.61 Å². The van der Waals surface area contributed by atoms with Crippen molar-refractivity contribution in [3.63, 3.8) is 0 Å². The summed E-state index contributed by atoms with van der Waals surface area (Å²) in [5.74, 6) is -1.26. The number of aryl methyl sites for hydroxylation is 2. The number of nitrogens with one attached hydrogen (secondary N) is 1. The number of aliphatic hydroxyl groups is 1. The number of fused-ring (bicyclic) bond motifs is 1. The van der Waals surface area contributed by atoms with Gasteiger partial charge in [0, 0.05) is 0 Å². The highest BCUT2D eigenvalue weighted by atomic mass is 16.5. The van der Waals surface area contributed by atoms with Gasteiger partial charge in [-0.2, -0.15) is 0 Å². The molecule has 0 radical (unpaired) electrons. The van der Waals surface area contributed by atoms with Gasteiger partial charge in [-0.1, -0.05) is 6.07 Å². The molecule has 1 aliphatic carbocycles. The molecule has 3 N–H and O–H groups in total. The lowest BCUT2D eigenvalue weighted by Crippen LogP contribution is -2.45. The van der Waals surface area contributed by atoms with Crippen LogP contribution in [0.15, 0.2) is 18.2 Å². The summed E-state index contributed by atoms with van der Waals surface area (Å²) in [5, 5.41) is 19.7. The van der Waals surface area contributed by atoms with E-state index in [4.69, 9.17) is 14.9 Å². The highest BCUT2D eigenvalue weighted by Gasteiger charge is 2.19. The summed E-state index contributed by atoms with van der Waals surface area (Å²) in [6, 6.07) is 4.41. The quantitative estimate of drug-likeness (QED) is 0.687. The monoisotopic (exact) mass is 279 g/mol. The van der Waals surface area contributed by atoms with Crippen molar-refractivity contribution in [2.75, 3.05) is 13.2 Å². The van der Waals surface area contributed by atoms with Crippen molar-refractivity contribution in [1.82, 2.24) is 5.32 Å². The lowest BCUT2D eigenvalue weighted by atomic mass is 10.1. The smallest absolute Gasteiger partial charge is 0.328 e. The number of rotatable bonds is 6. The molecule has 0 fully saturated rings. The zero-order valence-corrected chi connectivity index (χ0v) is 11.0. The summed E-state index contributed by atoms with van der Waals surface area (Å²) >= 11 is 0. The SMILES string of the molecule is O=C(COc1ccc2c(c1)CCC2)NC(CO)C(=O)O. The standard InChI is InChI=1S/C14H17NO5/c16-7-12(14(18)19)15-13(17)8-20-11-5-4-9-2-1-3-10(9)6-11/h4-6,12,16H,1-3,7-8H2,(H,15,17)(H,18,19). The Balaban J connectivity index is 1.85. The minimum absolute atomic E-state index is 0.275. The molecule has 0 spiro atoms. The molecule has 2 rings (SSSR count). The molecule has 0 bridgehead atoms. The first-order chi connectivity index (χ1) is 9.60. The third-order valence-corrected chi connectivity index (χ3v) is 3.26. The van der Waals surface area contributed by atoms with Gasteiger partial charge in [-0.05, 0) is 42.5 Å². The van der Waals surface area contributed by atoms with Gasteiger partial charge >= 0.3 is 5.97 Å². The normalized spacial score (nSPS) is 14.4. The molecule has 1 unspecified atom stereocenters. The molecule has 6 heteroatoms. The van der Waals surface area contributed by atoms with Gasteiger partial charge in [-0.3, -0.25) is 4.79 Å². The average molecular weight is 279 g/mol. The molecule has 1 aromatic rings. The van der Waals surface area contributed by atoms with Crippen molar-refractivity contribution in [2.24, 2.45) is 0 Å². The van der Waals surface area contributed by atoms with Crippen LogP contribution in [0.2, 0.25) is 0 Å². The fourth-order valence-corrected chi connectivity index (χ4v) is 2.21. The van der Waals surface area contributed by atoms with E-state index in [0.717, 1.165) is 19.3 Å². The highest BCUT2D eigenvalue weighted by molar-refractivity contribution is 5.84. The van der Waals surface area contributed by atoms with Crippen LogP contribution >= 0.6 is 0 Å². The number of carboxylic acids is 1. The number of amides is 1. The number of aliphatic carboxylic acids is 1. The Labute approximate surface area is 116 Å². The second-order valence-electron chi connectivity index (χ2n) is 4.71. The summed E-state index contributed by atoms with van der Waals surface area (Å²) in [5.41, 5.74) is 2.55. The van der Waals surface area contributed by atoms with Gasteiger partial charge < -0.3 is 20.3 Å². The van der Waals surface area contributed by atoms with Crippen molar-refractivity contribution in [3.8, 4) is 5.75 Å². The van der Waals surface area contributed by atoms with E-state index in [9.17, 15) is 9.59 Å². The van der Waals surface area contributed by atoms with Gasteiger partial charge in [-0.15, -0.1) is 0 Å². The molecular formula is C14H17NO5. The lowest BCUT2D eigenvalue weighted by molar-refractivity contribution is -0.143. The molecule has 0 aliphatic heterocycles. The van der Waals surface area contributed by atoms with Gasteiger partial charge in [0.2, 0.25) is 0 Å². The fraction of sp³-hybridized carbons (Fsp3) is 0.429. The minimum atomic E-state index is -1.30. The molecule has 1 aromatic carbocycles. The van der Waals surface area contributed by atoms with E-state index in [1.165, 1.54) is 11.1 Å². The van der Waals surface area contributed by atoms with Crippen LogP contribution in [0.3, 0.4) is 0 Å². The van der Waals surface area contributed by atoms with Gasteiger partial charge in [0.05, 0.1) is 6.61 Å². The first kappa shape index (κ1) is 14.3. The Bertz CT molecular complexity index is 514. The van der Waals surface area contributed by atoms with Gasteiger partial charge in [0.15, 0.2) is 6.61 Å². The van der Waals surface area contributed by atoms with E-state index < -0.39 is 24.5 Å². The number of carboxylic acid groups (broad SMARTS) is 1. The van der Waals surface area contributed by atoms with Crippen LogP contribution in [-0.4, -0.2) is 41.3 Å². The molecule has 0 saturated heterocycles. The topological polar surface area (TPSA) is 95.9 Å². The van der Waals surface area contributed by atoms with Crippen LogP contribution in [0.5, 0.6) is 5.75 Å². The van der Waals surface area contributed by atoms with E-state index >= 15 is 0 Å². The van der Waals surface area contributed by atoms with E-state index in [1.807, 2.05) is 12.1 Å². The molecule has 20 heavy (non-hydrogen) atoms. The Morgan fingerprint density at radius 3 is 2.75 bits per heavy atom. The number of benzene rings is 1. The van der Waals surface area contributed by atoms with E-state index in [2.05, 4.69) is 5.32 Å². The number of hydrogen-bond acceptors (Lipinski definition) is 4. The van der Waals surface area contributed by atoms with Crippen LogP contribution in [0.1, 0.15) is 17.5 Å². The van der Waals surface area contributed by atoms with Crippen molar-refractivity contribution in [3.05, 3.63) is 29.3 Å². The second-order valence-corrected chi connectivity index (χ2v) is 4.71. The van der Waals surface area contributed by atoms with Crippen molar-refractivity contribution < 1.29 is 24.5 Å². The molecule has 1 atom stereocenters. The van der Waals surface area contributed by atoms with Crippen molar-refractivity contribution in [2.45, 2.75) is 25.3 Å². The van der Waals surface area contributed by atoms with Crippen LogP contribution in [-0.2, 0) is 22.4 Å². The molecule has 1 aliphatic rings. The molecule has 6 nitrogen and oxygen atoms in total. The zero-order chi connectivity index (χ0) is 14.5. The fourth-order valence-electron chi connectivity index (χ4n) is 2.21. The van der Waals surface area contributed by atoms with E-state index in [0.29, 0.717) is 5.75 Å². The third-order valence-electron chi connectivity index (χ3n) is 3.26. The number of aliphatic hydroxyl groups excluding tert-OH is 1. The van der Waals surface area contributed by atoms with Crippen LogP contribution in [0.4, 0.5) is 0 Å². The predicted molar refractivity (Wildman–Crippen MR) is 70.6 cm³/mol. The Kier molecular flexibility index (Phi) is 4.57. The molecule has 0 saturated carbocycles.